The van der Waals surface area contributed by atoms with Gasteiger partial charge >= 0.3 is 0 Å². The molecule has 0 saturated heterocycles. The topological polar surface area (TPSA) is 70.7 Å². The van der Waals surface area contributed by atoms with Gasteiger partial charge < -0.3 is 5.32 Å². The molecule has 1 aromatic heterocycles. The van der Waals surface area contributed by atoms with E-state index >= 15 is 0 Å². The van der Waals surface area contributed by atoms with Gasteiger partial charge in [0.25, 0.3) is 5.91 Å². The molecule has 0 saturated carbocycles. The molecule has 3 aromatic carbocycles. The van der Waals surface area contributed by atoms with Crippen molar-refractivity contribution in [3.63, 3.8) is 0 Å². The van der Waals surface area contributed by atoms with Crippen molar-refractivity contribution in [3.8, 4) is 11.8 Å². The molecule has 5 nitrogen and oxygen atoms in total. The van der Waals surface area contributed by atoms with Crippen molar-refractivity contribution < 1.29 is 4.79 Å². The molecule has 4 rings (SSSR count). The predicted octanol–water partition coefficient (Wildman–Crippen LogP) is 6.25. The number of carbonyl (C=O) groups is 1. The van der Waals surface area contributed by atoms with E-state index < -0.39 is 0 Å². The number of nitrogens with one attached hydrogen (secondary N) is 1. The van der Waals surface area contributed by atoms with E-state index in [1.807, 2.05) is 73.7 Å². The Bertz CT molecular complexity index is 1290. The highest BCUT2D eigenvalue weighted by Crippen LogP contribution is 2.33. The number of amides is 1. The third-order valence-electron chi connectivity index (χ3n) is 4.83. The number of hydrogen-bond donors (Lipinski definition) is 1. The summed E-state index contributed by atoms with van der Waals surface area (Å²) in [6, 6.07) is 26.5. The number of benzene rings is 3. The number of nitriles is 1. The van der Waals surface area contributed by atoms with E-state index in [1.54, 1.807) is 16.8 Å². The molecule has 4 aromatic rings. The summed E-state index contributed by atoms with van der Waals surface area (Å²) in [7, 11) is 0. The number of para-hydroxylation sites is 1. The van der Waals surface area contributed by atoms with Gasteiger partial charge in [-0.2, -0.15) is 10.4 Å². The molecule has 0 spiro atoms. The van der Waals surface area contributed by atoms with Crippen LogP contribution in [0.3, 0.4) is 0 Å². The maximum Gasteiger partial charge on any atom is 0.256 e. The number of rotatable bonds is 6. The van der Waals surface area contributed by atoms with E-state index in [0.717, 1.165) is 16.8 Å². The average molecular weight is 459 g/mol. The van der Waals surface area contributed by atoms with Crippen molar-refractivity contribution in [2.45, 2.75) is 17.7 Å². The lowest BCUT2D eigenvalue weighted by Crippen LogP contribution is -2.16. The maximum absolute atomic E-state index is 12.9. The van der Waals surface area contributed by atoms with Gasteiger partial charge in [0, 0.05) is 16.3 Å². The van der Waals surface area contributed by atoms with Gasteiger partial charge in [-0.1, -0.05) is 77.5 Å². The van der Waals surface area contributed by atoms with Crippen LogP contribution in [-0.4, -0.2) is 15.7 Å². The molecule has 0 aliphatic heterocycles. The van der Waals surface area contributed by atoms with Gasteiger partial charge in [0.15, 0.2) is 5.82 Å². The summed E-state index contributed by atoms with van der Waals surface area (Å²) in [6.07, 6.45) is 0. The van der Waals surface area contributed by atoms with Gasteiger partial charge in [-0.25, -0.2) is 4.68 Å². The van der Waals surface area contributed by atoms with Crippen LogP contribution in [0.2, 0.25) is 5.02 Å². The normalized spacial score (nSPS) is 10.5. The second kappa shape index (κ2) is 9.73. The van der Waals surface area contributed by atoms with Crippen LogP contribution in [0.15, 0.2) is 83.9 Å². The first-order valence-electron chi connectivity index (χ1n) is 9.89. The van der Waals surface area contributed by atoms with Crippen molar-refractivity contribution in [2.75, 3.05) is 5.32 Å². The number of hydrogen-bond acceptors (Lipinski definition) is 4. The number of carbonyl (C=O) groups excluding carboxylic acids is 1. The minimum atomic E-state index is -0.304. The molecule has 0 radical (unpaired) electrons. The van der Waals surface area contributed by atoms with Crippen molar-refractivity contribution >= 4 is 35.1 Å². The first kappa shape index (κ1) is 21.7. The summed E-state index contributed by atoms with van der Waals surface area (Å²) in [5.74, 6) is 0.582. The Hall–Kier alpha value is -3.53. The molecule has 1 amide bonds. The lowest BCUT2D eigenvalue weighted by molar-refractivity contribution is 0.102. The van der Waals surface area contributed by atoms with E-state index in [9.17, 15) is 10.1 Å². The Morgan fingerprint density at radius 3 is 2.44 bits per heavy atom. The van der Waals surface area contributed by atoms with Crippen molar-refractivity contribution in [1.82, 2.24) is 9.78 Å². The van der Waals surface area contributed by atoms with Crippen LogP contribution in [0.5, 0.6) is 0 Å². The molecule has 0 aliphatic carbocycles. The van der Waals surface area contributed by atoms with Crippen LogP contribution in [-0.2, 0) is 5.75 Å². The Balaban J connectivity index is 1.71. The summed E-state index contributed by atoms with van der Waals surface area (Å²) < 4.78 is 1.60. The highest BCUT2D eigenvalue weighted by atomic mass is 35.5. The zero-order valence-electron chi connectivity index (χ0n) is 17.2. The van der Waals surface area contributed by atoms with E-state index in [0.29, 0.717) is 32.7 Å². The molecular weight excluding hydrogens is 440 g/mol. The fraction of sp³-hybridized carbons (Fsp3) is 0.0800. The van der Waals surface area contributed by atoms with Crippen molar-refractivity contribution in [1.29, 1.82) is 5.26 Å². The minimum absolute atomic E-state index is 0.304. The number of halogens is 1. The molecule has 0 aliphatic rings. The first-order valence-corrected chi connectivity index (χ1v) is 11.3. The van der Waals surface area contributed by atoms with Gasteiger partial charge in [-0.15, -0.1) is 0 Å². The summed E-state index contributed by atoms with van der Waals surface area (Å²) in [5, 5.41) is 18.7. The van der Waals surface area contributed by atoms with E-state index in [-0.39, 0.29) is 5.91 Å². The maximum atomic E-state index is 12.9. The fourth-order valence-electron chi connectivity index (χ4n) is 3.12. The van der Waals surface area contributed by atoms with E-state index in [1.165, 1.54) is 11.8 Å². The molecule has 158 valence electrons. The lowest BCUT2D eigenvalue weighted by Gasteiger charge is -2.09. The van der Waals surface area contributed by atoms with Crippen LogP contribution in [0.1, 0.15) is 27.0 Å². The monoisotopic (exact) mass is 458 g/mol. The SMILES string of the molecule is Cc1ccc(C(=O)Nc2c(C#N)c(SCc3ccccc3Cl)nn2-c2ccccc2)cc1. The average Bonchev–Trinajstić information content (AvgIpc) is 3.16. The fourth-order valence-corrected chi connectivity index (χ4v) is 4.37. The standard InChI is InChI=1S/C25H19ClN4OS/c1-17-11-13-18(14-12-17)24(31)28-23-21(15-27)25(29-30(23)20-8-3-2-4-9-20)32-16-19-7-5-6-10-22(19)26/h2-14H,16H2,1H3,(H,28,31). The zero-order chi connectivity index (χ0) is 22.5. The third-order valence-corrected chi connectivity index (χ3v) is 6.22. The van der Waals surface area contributed by atoms with Crippen LogP contribution >= 0.6 is 23.4 Å². The van der Waals surface area contributed by atoms with Crippen LogP contribution in [0, 0.1) is 18.3 Å². The molecule has 0 fully saturated rings. The molecule has 1 heterocycles. The Labute approximate surface area is 195 Å². The zero-order valence-corrected chi connectivity index (χ0v) is 18.8. The highest BCUT2D eigenvalue weighted by molar-refractivity contribution is 7.98. The number of nitrogens with zero attached hydrogens (tertiary/aromatic N) is 3. The van der Waals surface area contributed by atoms with Gasteiger partial charge in [-0.3, -0.25) is 4.79 Å². The second-order valence-corrected chi connectivity index (χ2v) is 8.46. The van der Waals surface area contributed by atoms with Gasteiger partial charge in [0.2, 0.25) is 0 Å². The highest BCUT2D eigenvalue weighted by Gasteiger charge is 2.22. The number of thioether (sulfide) groups is 1. The molecule has 1 N–H and O–H groups in total. The largest absolute Gasteiger partial charge is 0.305 e. The van der Waals surface area contributed by atoms with Crippen molar-refractivity contribution in [3.05, 3.63) is 106 Å². The molecule has 0 unspecified atom stereocenters. The molecule has 0 bridgehead atoms. The Morgan fingerprint density at radius 1 is 1.06 bits per heavy atom. The van der Waals surface area contributed by atoms with Gasteiger partial charge in [-0.05, 0) is 42.8 Å². The van der Waals surface area contributed by atoms with E-state index in [2.05, 4.69) is 16.5 Å². The van der Waals surface area contributed by atoms with Crippen LogP contribution in [0.4, 0.5) is 5.82 Å². The van der Waals surface area contributed by atoms with Crippen LogP contribution in [0.25, 0.3) is 5.69 Å². The number of aromatic nitrogens is 2. The molecule has 32 heavy (non-hydrogen) atoms. The second-order valence-electron chi connectivity index (χ2n) is 7.09. The summed E-state index contributed by atoms with van der Waals surface area (Å²) in [4.78, 5) is 12.9. The number of aryl methyl sites for hydroxylation is 1. The van der Waals surface area contributed by atoms with Gasteiger partial charge in [0.05, 0.1) is 5.69 Å². The molecule has 0 atom stereocenters. The van der Waals surface area contributed by atoms with E-state index in [4.69, 9.17) is 11.6 Å². The smallest absolute Gasteiger partial charge is 0.256 e. The summed E-state index contributed by atoms with van der Waals surface area (Å²) in [6.45, 7) is 1.96. The Kier molecular flexibility index (Phi) is 6.60. The lowest BCUT2D eigenvalue weighted by atomic mass is 10.1. The van der Waals surface area contributed by atoms with Crippen molar-refractivity contribution in [2.24, 2.45) is 0 Å². The first-order chi connectivity index (χ1) is 15.6. The molecule has 7 heteroatoms. The quantitative estimate of drug-likeness (QED) is 0.346. The summed E-state index contributed by atoms with van der Waals surface area (Å²) in [5.41, 5.74) is 3.57. The predicted molar refractivity (Wildman–Crippen MR) is 128 cm³/mol. The Morgan fingerprint density at radius 2 is 1.75 bits per heavy atom. The van der Waals surface area contributed by atoms with Crippen LogP contribution < -0.4 is 5.32 Å². The van der Waals surface area contributed by atoms with Gasteiger partial charge in [0.1, 0.15) is 16.7 Å². The number of anilines is 1. The summed E-state index contributed by atoms with van der Waals surface area (Å²) >= 11 is 7.69. The minimum Gasteiger partial charge on any atom is -0.305 e. The third kappa shape index (κ3) is 4.70. The molecular formula is C25H19ClN4OS.